The van der Waals surface area contributed by atoms with Gasteiger partial charge in [-0.3, -0.25) is 4.79 Å². The minimum atomic E-state index is 0.114. The number of benzene rings is 1. The number of aromatic amines is 1. The van der Waals surface area contributed by atoms with Crippen molar-refractivity contribution in [2.24, 2.45) is 0 Å². The van der Waals surface area contributed by atoms with Gasteiger partial charge < -0.3 is 15.6 Å². The first kappa shape index (κ1) is 11.3. The predicted octanol–water partition coefficient (Wildman–Crippen LogP) is 1.94. The predicted molar refractivity (Wildman–Crippen MR) is 73.3 cm³/mol. The van der Waals surface area contributed by atoms with E-state index in [9.17, 15) is 4.79 Å². The zero-order valence-electron chi connectivity index (χ0n) is 9.70. The number of likely N-dealkylation sites (N-methyl/N-ethyl adjacent to an activating group) is 1. The summed E-state index contributed by atoms with van der Waals surface area (Å²) in [6, 6.07) is 5.86. The molecule has 0 aliphatic carbocycles. The number of H-pyrrole nitrogens is 1. The molecule has 3 N–H and O–H groups in total. The van der Waals surface area contributed by atoms with Gasteiger partial charge in [0.2, 0.25) is 5.91 Å². The van der Waals surface area contributed by atoms with Crippen molar-refractivity contribution >= 4 is 33.5 Å². The zero-order chi connectivity index (χ0) is 12.9. The van der Waals surface area contributed by atoms with Gasteiger partial charge in [0.25, 0.3) is 0 Å². The molecule has 1 aliphatic rings. The number of fused-ring (bicyclic) bond motifs is 1. The highest BCUT2D eigenvalue weighted by Gasteiger charge is 2.24. The van der Waals surface area contributed by atoms with Crippen LogP contribution in [0.25, 0.3) is 11.3 Å². The van der Waals surface area contributed by atoms with E-state index < -0.39 is 0 Å². The summed E-state index contributed by atoms with van der Waals surface area (Å²) in [7, 11) is 1.79. The number of nitrogen functional groups attached to an aromatic ring is 1. The van der Waals surface area contributed by atoms with Crippen LogP contribution in [0.15, 0.2) is 22.8 Å². The molecule has 0 saturated heterocycles. The highest BCUT2D eigenvalue weighted by Crippen LogP contribution is 2.33. The number of amides is 1. The molecule has 0 fully saturated rings. The lowest BCUT2D eigenvalue weighted by Crippen LogP contribution is -2.20. The lowest BCUT2D eigenvalue weighted by Gasteiger charge is -2.10. The van der Waals surface area contributed by atoms with Crippen LogP contribution in [-0.2, 0) is 11.2 Å². The van der Waals surface area contributed by atoms with Crippen LogP contribution in [0.4, 0.5) is 11.6 Å². The second kappa shape index (κ2) is 3.84. The molecule has 1 aromatic carbocycles. The highest BCUT2D eigenvalue weighted by atomic mass is 79.9. The molecule has 0 saturated carbocycles. The number of nitrogens with two attached hydrogens (primary N) is 1. The summed E-state index contributed by atoms with van der Waals surface area (Å²) in [5, 5.41) is 0. The summed E-state index contributed by atoms with van der Waals surface area (Å²) in [6.07, 6.45) is 0.442. The molecule has 2 aromatic rings. The lowest BCUT2D eigenvalue weighted by atomic mass is 10.1. The number of nitrogens with zero attached hydrogens (tertiary/aromatic N) is 2. The Bertz CT molecular complexity index is 650. The van der Waals surface area contributed by atoms with E-state index in [1.165, 1.54) is 0 Å². The number of aromatic nitrogens is 2. The summed E-state index contributed by atoms with van der Waals surface area (Å²) >= 11 is 3.38. The van der Waals surface area contributed by atoms with Gasteiger partial charge in [-0.15, -0.1) is 0 Å². The fraction of sp³-hybridized carbons (Fsp3) is 0.167. The standard InChI is InChI=1S/C12H11BrN4O/c1-17-8-3-2-6(4-7(8)5-9(17)18)10-11(13)16-12(14)15-10/h2-4H,5H2,1H3,(H3,14,15,16). The van der Waals surface area contributed by atoms with E-state index in [1.54, 1.807) is 11.9 Å². The van der Waals surface area contributed by atoms with Crippen LogP contribution in [0.5, 0.6) is 0 Å². The van der Waals surface area contributed by atoms with Crippen LogP contribution >= 0.6 is 15.9 Å². The number of imidazole rings is 1. The van der Waals surface area contributed by atoms with E-state index in [0.717, 1.165) is 27.1 Å². The van der Waals surface area contributed by atoms with Gasteiger partial charge in [-0.05, 0) is 33.6 Å². The SMILES string of the molecule is CN1C(=O)Cc2cc(-c3nc(N)[nH]c3Br)ccc21. The Morgan fingerprint density at radius 3 is 2.94 bits per heavy atom. The summed E-state index contributed by atoms with van der Waals surface area (Å²) < 4.78 is 0.748. The smallest absolute Gasteiger partial charge is 0.231 e. The first-order valence-electron chi connectivity index (χ1n) is 5.47. The van der Waals surface area contributed by atoms with Crippen molar-refractivity contribution in [1.82, 2.24) is 9.97 Å². The van der Waals surface area contributed by atoms with Crippen LogP contribution in [0, 0.1) is 0 Å². The maximum Gasteiger partial charge on any atom is 0.231 e. The third kappa shape index (κ3) is 1.60. The summed E-state index contributed by atoms with van der Waals surface area (Å²) in [5.74, 6) is 0.480. The van der Waals surface area contributed by atoms with E-state index in [0.29, 0.717) is 12.4 Å². The van der Waals surface area contributed by atoms with Crippen LogP contribution in [-0.4, -0.2) is 22.9 Å². The fourth-order valence-corrected chi connectivity index (χ4v) is 2.70. The molecule has 3 rings (SSSR count). The van der Waals surface area contributed by atoms with E-state index in [4.69, 9.17) is 5.73 Å². The van der Waals surface area contributed by atoms with Gasteiger partial charge in [0.05, 0.1) is 6.42 Å². The highest BCUT2D eigenvalue weighted by molar-refractivity contribution is 9.10. The van der Waals surface area contributed by atoms with Crippen LogP contribution in [0.2, 0.25) is 0 Å². The number of carbonyl (C=O) groups excluding carboxylic acids is 1. The number of hydrogen-bond donors (Lipinski definition) is 2. The number of rotatable bonds is 1. The molecule has 2 heterocycles. The Morgan fingerprint density at radius 2 is 2.28 bits per heavy atom. The fourth-order valence-electron chi connectivity index (χ4n) is 2.18. The molecule has 6 heteroatoms. The van der Waals surface area contributed by atoms with E-state index >= 15 is 0 Å². The molecule has 0 radical (unpaired) electrons. The third-order valence-corrected chi connectivity index (χ3v) is 3.68. The molecule has 92 valence electrons. The molecule has 0 unspecified atom stereocenters. The van der Waals surface area contributed by atoms with Gasteiger partial charge in [0.1, 0.15) is 10.3 Å². The molecule has 5 nitrogen and oxygen atoms in total. The monoisotopic (exact) mass is 306 g/mol. The molecule has 0 bridgehead atoms. The van der Waals surface area contributed by atoms with Crippen molar-refractivity contribution in [3.05, 3.63) is 28.4 Å². The number of anilines is 2. The Labute approximate surface area is 112 Å². The van der Waals surface area contributed by atoms with Gasteiger partial charge in [-0.2, -0.15) is 0 Å². The minimum Gasteiger partial charge on any atom is -0.369 e. The Kier molecular flexibility index (Phi) is 2.41. The molecule has 0 spiro atoms. The molecule has 0 atom stereocenters. The van der Waals surface area contributed by atoms with Crippen LogP contribution in [0.1, 0.15) is 5.56 Å². The molecular formula is C12H11BrN4O. The average molecular weight is 307 g/mol. The topological polar surface area (TPSA) is 75.0 Å². The van der Waals surface area contributed by atoms with Crippen LogP contribution in [0.3, 0.4) is 0 Å². The quantitative estimate of drug-likeness (QED) is 0.845. The van der Waals surface area contributed by atoms with Crippen molar-refractivity contribution < 1.29 is 4.79 Å². The van der Waals surface area contributed by atoms with Gasteiger partial charge in [-0.1, -0.05) is 6.07 Å². The van der Waals surface area contributed by atoms with E-state index in [2.05, 4.69) is 25.9 Å². The third-order valence-electron chi connectivity index (χ3n) is 3.11. The second-order valence-corrected chi connectivity index (χ2v) is 5.05. The first-order chi connectivity index (χ1) is 8.56. The Balaban J connectivity index is 2.09. The lowest BCUT2D eigenvalue weighted by molar-refractivity contribution is -0.117. The van der Waals surface area contributed by atoms with Crippen molar-refractivity contribution in [3.8, 4) is 11.3 Å². The first-order valence-corrected chi connectivity index (χ1v) is 6.26. The summed E-state index contributed by atoms with van der Waals surface area (Å²) in [5.41, 5.74) is 9.30. The average Bonchev–Trinajstić information content (AvgIpc) is 2.80. The number of hydrogen-bond acceptors (Lipinski definition) is 3. The van der Waals surface area contributed by atoms with Gasteiger partial charge in [0.15, 0.2) is 5.95 Å². The maximum absolute atomic E-state index is 11.6. The number of nitrogens with one attached hydrogen (secondary N) is 1. The van der Waals surface area contributed by atoms with E-state index in [-0.39, 0.29) is 5.91 Å². The summed E-state index contributed by atoms with van der Waals surface area (Å²) in [6.45, 7) is 0. The Hall–Kier alpha value is -1.82. The van der Waals surface area contributed by atoms with Crippen LogP contribution < -0.4 is 10.6 Å². The van der Waals surface area contributed by atoms with Crippen molar-refractivity contribution in [2.75, 3.05) is 17.7 Å². The minimum absolute atomic E-state index is 0.114. The van der Waals surface area contributed by atoms with Gasteiger partial charge in [-0.25, -0.2) is 4.98 Å². The zero-order valence-corrected chi connectivity index (χ0v) is 11.3. The molecule has 1 aromatic heterocycles. The molecule has 18 heavy (non-hydrogen) atoms. The molecular weight excluding hydrogens is 296 g/mol. The van der Waals surface area contributed by atoms with E-state index in [1.807, 2.05) is 18.2 Å². The second-order valence-electron chi connectivity index (χ2n) is 4.26. The molecule has 1 aliphatic heterocycles. The normalized spacial score (nSPS) is 14.1. The number of carbonyl (C=O) groups is 1. The van der Waals surface area contributed by atoms with Crippen molar-refractivity contribution in [3.63, 3.8) is 0 Å². The van der Waals surface area contributed by atoms with Gasteiger partial charge in [0, 0.05) is 18.3 Å². The van der Waals surface area contributed by atoms with Crippen molar-refractivity contribution in [2.45, 2.75) is 6.42 Å². The largest absolute Gasteiger partial charge is 0.369 e. The number of halogens is 1. The Morgan fingerprint density at radius 1 is 1.50 bits per heavy atom. The summed E-state index contributed by atoms with van der Waals surface area (Å²) in [4.78, 5) is 20.4. The maximum atomic E-state index is 11.6. The molecule has 1 amide bonds. The van der Waals surface area contributed by atoms with Gasteiger partial charge >= 0.3 is 0 Å². The van der Waals surface area contributed by atoms with Crippen molar-refractivity contribution in [1.29, 1.82) is 0 Å².